The van der Waals surface area contributed by atoms with Crippen molar-refractivity contribution >= 4 is 60.4 Å². The van der Waals surface area contributed by atoms with Crippen LogP contribution in [0.1, 0.15) is 0 Å². The average Bonchev–Trinajstić information content (AvgIpc) is 3.76. The summed E-state index contributed by atoms with van der Waals surface area (Å²) >= 11 is 0. The molecule has 0 aliphatic rings. The number of benzene rings is 12. The van der Waals surface area contributed by atoms with Crippen LogP contribution in [-0.4, -0.2) is 4.57 Å². The van der Waals surface area contributed by atoms with Gasteiger partial charge >= 0.3 is 0 Å². The van der Waals surface area contributed by atoms with Gasteiger partial charge in [-0.25, -0.2) is 0 Å². The molecule has 0 amide bonds. The first-order valence-corrected chi connectivity index (χ1v) is 24.1. The number of rotatable bonds is 9. The van der Waals surface area contributed by atoms with Crippen molar-refractivity contribution in [1.82, 2.24) is 4.57 Å². The first kappa shape index (κ1) is 41.0. The van der Waals surface area contributed by atoms with Gasteiger partial charge in [-0.05, 0) is 150 Å². The van der Waals surface area contributed by atoms with Crippen molar-refractivity contribution in [2.45, 2.75) is 0 Å². The summed E-state index contributed by atoms with van der Waals surface area (Å²) in [6, 6.07) is 102. The van der Waals surface area contributed by atoms with Gasteiger partial charge in [-0.1, -0.05) is 206 Å². The van der Waals surface area contributed by atoms with Crippen LogP contribution in [0, 0.1) is 0 Å². The fourth-order valence-electron chi connectivity index (χ4n) is 10.5. The number of fused-ring (bicyclic) bond motifs is 5. The second kappa shape index (κ2) is 17.4. The van der Waals surface area contributed by atoms with E-state index in [9.17, 15) is 0 Å². The normalized spacial score (nSPS) is 11.4. The minimum absolute atomic E-state index is 1.08. The Hall–Kier alpha value is -9.24. The SMILES string of the molecule is c1ccc(-c2cccc(-c3ccc(N(c4ccc(-c5ccc(-c6cccc7ccccc67)cc5)cc4)c4cccc(-c5cccc6c5c5cc7ccccc7cc5n6-c5ccccc5)c4)cc3)c2)cc1. The lowest BCUT2D eigenvalue weighted by Gasteiger charge is -2.26. The molecule has 0 aliphatic carbocycles. The van der Waals surface area contributed by atoms with Crippen LogP contribution in [0.25, 0.3) is 105 Å². The highest BCUT2D eigenvalue weighted by Gasteiger charge is 2.20. The van der Waals surface area contributed by atoms with Crippen LogP contribution in [-0.2, 0) is 0 Å². The van der Waals surface area contributed by atoms with Gasteiger partial charge in [-0.15, -0.1) is 0 Å². The molecule has 0 atom stereocenters. The first-order chi connectivity index (χ1) is 34.7. The van der Waals surface area contributed by atoms with E-state index in [2.05, 4.69) is 289 Å². The topological polar surface area (TPSA) is 8.17 Å². The van der Waals surface area contributed by atoms with Gasteiger partial charge in [-0.2, -0.15) is 0 Å². The third kappa shape index (κ3) is 7.40. The highest BCUT2D eigenvalue weighted by Crippen LogP contribution is 2.43. The van der Waals surface area contributed by atoms with Crippen LogP contribution < -0.4 is 4.90 Å². The molecule has 0 fully saturated rings. The maximum Gasteiger partial charge on any atom is 0.0547 e. The van der Waals surface area contributed by atoms with Crippen LogP contribution >= 0.6 is 0 Å². The van der Waals surface area contributed by atoms with Crippen molar-refractivity contribution in [1.29, 1.82) is 0 Å². The van der Waals surface area contributed by atoms with E-state index in [4.69, 9.17) is 0 Å². The highest BCUT2D eigenvalue weighted by atomic mass is 15.1. The molecule has 70 heavy (non-hydrogen) atoms. The quantitative estimate of drug-likeness (QED) is 0.140. The van der Waals surface area contributed by atoms with Crippen molar-refractivity contribution in [3.05, 3.63) is 279 Å². The Morgan fingerprint density at radius 2 is 0.729 bits per heavy atom. The van der Waals surface area contributed by atoms with E-state index in [1.807, 2.05) is 0 Å². The molecule has 2 nitrogen and oxygen atoms in total. The van der Waals surface area contributed by atoms with Crippen LogP contribution in [0.2, 0.25) is 0 Å². The van der Waals surface area contributed by atoms with Gasteiger partial charge in [0.05, 0.1) is 11.0 Å². The zero-order valence-electron chi connectivity index (χ0n) is 38.5. The smallest absolute Gasteiger partial charge is 0.0547 e. The predicted octanol–water partition coefficient (Wildman–Crippen LogP) is 18.9. The molecule has 0 aliphatic heterocycles. The van der Waals surface area contributed by atoms with E-state index >= 15 is 0 Å². The van der Waals surface area contributed by atoms with E-state index < -0.39 is 0 Å². The molecule has 328 valence electrons. The highest BCUT2D eigenvalue weighted by molar-refractivity contribution is 6.18. The molecular weight excluding hydrogens is 845 g/mol. The zero-order valence-corrected chi connectivity index (χ0v) is 38.5. The lowest BCUT2D eigenvalue weighted by atomic mass is 9.96. The van der Waals surface area contributed by atoms with Crippen LogP contribution in [0.4, 0.5) is 17.1 Å². The van der Waals surface area contributed by atoms with Gasteiger partial charge in [-0.3, -0.25) is 0 Å². The molecule has 0 N–H and O–H groups in total. The Kier molecular flexibility index (Phi) is 10.2. The number of anilines is 3. The van der Waals surface area contributed by atoms with Crippen molar-refractivity contribution in [3.63, 3.8) is 0 Å². The summed E-state index contributed by atoms with van der Waals surface area (Å²) in [7, 11) is 0. The summed E-state index contributed by atoms with van der Waals surface area (Å²) < 4.78 is 2.42. The molecule has 12 aromatic carbocycles. The molecule has 0 bridgehead atoms. The second-order valence-electron chi connectivity index (χ2n) is 18.1. The fourth-order valence-corrected chi connectivity index (χ4v) is 10.5. The number of hydrogen-bond acceptors (Lipinski definition) is 1. The van der Waals surface area contributed by atoms with E-state index in [0.717, 1.165) is 28.3 Å². The van der Waals surface area contributed by atoms with Crippen LogP contribution in [0.15, 0.2) is 279 Å². The van der Waals surface area contributed by atoms with Crippen molar-refractivity contribution in [2.24, 2.45) is 0 Å². The molecule has 0 spiro atoms. The van der Waals surface area contributed by atoms with E-state index in [-0.39, 0.29) is 0 Å². The minimum atomic E-state index is 1.08. The molecule has 0 unspecified atom stereocenters. The van der Waals surface area contributed by atoms with Crippen molar-refractivity contribution in [3.8, 4) is 61.3 Å². The number of hydrogen-bond donors (Lipinski definition) is 0. The van der Waals surface area contributed by atoms with Gasteiger partial charge in [0.2, 0.25) is 0 Å². The second-order valence-corrected chi connectivity index (χ2v) is 18.1. The Balaban J connectivity index is 0.918. The van der Waals surface area contributed by atoms with Crippen molar-refractivity contribution in [2.75, 3.05) is 4.90 Å². The van der Waals surface area contributed by atoms with E-state index in [1.54, 1.807) is 0 Å². The molecule has 0 saturated heterocycles. The van der Waals surface area contributed by atoms with E-state index in [0.29, 0.717) is 0 Å². The average molecular weight is 891 g/mol. The van der Waals surface area contributed by atoms with E-state index in [1.165, 1.54) is 93.4 Å². The Morgan fingerprint density at radius 3 is 1.44 bits per heavy atom. The summed E-state index contributed by atoms with van der Waals surface area (Å²) in [6.45, 7) is 0. The standard InChI is InChI=1S/C68H46N2/c1-3-15-47(16-4-1)53-21-11-22-54(43-53)50-37-41-60(42-38-50)69(59-39-35-49(36-40-59)48-31-33-52(34-32-48)63-28-13-20-51-17-9-10-27-62(51)63)61-26-12-23-57(44-61)64-29-14-30-66-68(64)65-45-55-18-7-8-19-56(55)46-67(65)70(66)58-24-5-2-6-25-58/h1-46H. The Labute approximate surface area is 408 Å². The summed E-state index contributed by atoms with van der Waals surface area (Å²) in [5.41, 5.74) is 18.7. The zero-order chi connectivity index (χ0) is 46.4. The number of aromatic nitrogens is 1. The molecule has 13 rings (SSSR count). The van der Waals surface area contributed by atoms with Crippen LogP contribution in [0.3, 0.4) is 0 Å². The van der Waals surface area contributed by atoms with Gasteiger partial charge in [0, 0.05) is 33.5 Å². The molecule has 2 heteroatoms. The summed E-state index contributed by atoms with van der Waals surface area (Å²) in [6.07, 6.45) is 0. The van der Waals surface area contributed by atoms with Gasteiger partial charge in [0.1, 0.15) is 0 Å². The third-order valence-electron chi connectivity index (χ3n) is 14.0. The Morgan fingerprint density at radius 1 is 0.243 bits per heavy atom. The summed E-state index contributed by atoms with van der Waals surface area (Å²) in [5, 5.41) is 7.47. The maximum absolute atomic E-state index is 2.42. The molecule has 1 heterocycles. The van der Waals surface area contributed by atoms with Crippen LogP contribution in [0.5, 0.6) is 0 Å². The fraction of sp³-hybridized carbons (Fsp3) is 0. The molecular formula is C68H46N2. The number of para-hydroxylation sites is 1. The molecule has 0 radical (unpaired) electrons. The molecule has 13 aromatic rings. The summed E-state index contributed by atoms with van der Waals surface area (Å²) in [5.74, 6) is 0. The monoisotopic (exact) mass is 890 g/mol. The van der Waals surface area contributed by atoms with Crippen molar-refractivity contribution < 1.29 is 0 Å². The lowest BCUT2D eigenvalue weighted by molar-refractivity contribution is 1.18. The largest absolute Gasteiger partial charge is 0.310 e. The lowest BCUT2D eigenvalue weighted by Crippen LogP contribution is -2.10. The third-order valence-corrected chi connectivity index (χ3v) is 14.0. The van der Waals surface area contributed by atoms with Gasteiger partial charge < -0.3 is 9.47 Å². The summed E-state index contributed by atoms with van der Waals surface area (Å²) in [4.78, 5) is 2.39. The molecule has 1 aromatic heterocycles. The maximum atomic E-state index is 2.42. The molecule has 0 saturated carbocycles. The van der Waals surface area contributed by atoms with Gasteiger partial charge in [0.25, 0.3) is 0 Å². The first-order valence-electron chi connectivity index (χ1n) is 24.1. The predicted molar refractivity (Wildman–Crippen MR) is 298 cm³/mol. The Bertz CT molecular complexity index is 4010. The number of nitrogens with zero attached hydrogens (tertiary/aromatic N) is 2. The minimum Gasteiger partial charge on any atom is -0.310 e. The van der Waals surface area contributed by atoms with Gasteiger partial charge in [0.15, 0.2) is 0 Å².